The fraction of sp³-hybridized carbons (Fsp3) is 0.294. The number of amides is 2. The number of benzene rings is 1. The maximum absolute atomic E-state index is 12.0. The lowest BCUT2D eigenvalue weighted by molar-refractivity contribution is -0.130. The summed E-state index contributed by atoms with van der Waals surface area (Å²) in [6.45, 7) is 6.06. The highest BCUT2D eigenvalue weighted by atomic mass is 16.5. The Balaban J connectivity index is 2.84. The van der Waals surface area contributed by atoms with Crippen LogP contribution in [0.3, 0.4) is 0 Å². The third-order valence-electron chi connectivity index (χ3n) is 3.00. The Bertz CT molecular complexity index is 596. The molecular formula is C17H22N2O4. The van der Waals surface area contributed by atoms with Gasteiger partial charge in [-0.1, -0.05) is 18.7 Å². The van der Waals surface area contributed by atoms with Crippen LogP contribution in [-0.2, 0) is 9.59 Å². The number of carbonyl (C=O) groups excluding carboxylic acids is 2. The van der Waals surface area contributed by atoms with Crippen molar-refractivity contribution in [2.45, 2.75) is 6.92 Å². The molecule has 124 valence electrons. The van der Waals surface area contributed by atoms with Gasteiger partial charge in [-0.25, -0.2) is 0 Å². The van der Waals surface area contributed by atoms with Gasteiger partial charge in [-0.3, -0.25) is 9.59 Å². The second kappa shape index (κ2) is 9.30. The van der Waals surface area contributed by atoms with E-state index in [-0.39, 0.29) is 12.5 Å². The number of primary amides is 1. The van der Waals surface area contributed by atoms with Gasteiger partial charge in [0, 0.05) is 12.6 Å². The minimum Gasteiger partial charge on any atom is -0.493 e. The van der Waals surface area contributed by atoms with E-state index in [1.54, 1.807) is 44.4 Å². The quantitative estimate of drug-likeness (QED) is 0.554. The molecule has 1 rings (SSSR count). The van der Waals surface area contributed by atoms with Gasteiger partial charge in [-0.15, -0.1) is 0 Å². The van der Waals surface area contributed by atoms with Gasteiger partial charge in [-0.05, 0) is 30.7 Å². The van der Waals surface area contributed by atoms with Crippen LogP contribution in [0.15, 0.2) is 36.9 Å². The van der Waals surface area contributed by atoms with Gasteiger partial charge in [0.1, 0.15) is 6.61 Å². The van der Waals surface area contributed by atoms with Gasteiger partial charge in [0.15, 0.2) is 11.5 Å². The Labute approximate surface area is 136 Å². The molecule has 1 aromatic carbocycles. The van der Waals surface area contributed by atoms with Crippen LogP contribution in [0.2, 0.25) is 0 Å². The Morgan fingerprint density at radius 2 is 2.09 bits per heavy atom. The molecule has 0 aliphatic rings. The molecule has 2 N–H and O–H groups in total. The SMILES string of the molecule is C=CCOc1ccc(C=CC(=O)N(CC)CC(N)=O)cc1OC. The normalized spacial score (nSPS) is 10.3. The minimum absolute atomic E-state index is 0.0999. The summed E-state index contributed by atoms with van der Waals surface area (Å²) in [7, 11) is 1.54. The predicted molar refractivity (Wildman–Crippen MR) is 89.2 cm³/mol. The maximum Gasteiger partial charge on any atom is 0.247 e. The van der Waals surface area contributed by atoms with E-state index in [1.807, 2.05) is 0 Å². The van der Waals surface area contributed by atoms with Crippen molar-refractivity contribution >= 4 is 17.9 Å². The first-order valence-electron chi connectivity index (χ1n) is 7.18. The zero-order valence-corrected chi connectivity index (χ0v) is 13.5. The molecule has 0 saturated carbocycles. The van der Waals surface area contributed by atoms with Gasteiger partial charge in [0.05, 0.1) is 13.7 Å². The number of hydrogen-bond acceptors (Lipinski definition) is 4. The van der Waals surface area contributed by atoms with E-state index in [9.17, 15) is 9.59 Å². The van der Waals surface area contributed by atoms with Crippen LogP contribution in [0.25, 0.3) is 6.08 Å². The summed E-state index contributed by atoms with van der Waals surface area (Å²) in [5, 5.41) is 0. The van der Waals surface area contributed by atoms with Crippen molar-refractivity contribution in [3.8, 4) is 11.5 Å². The number of nitrogens with two attached hydrogens (primary N) is 1. The average Bonchev–Trinajstić information content (AvgIpc) is 2.55. The Morgan fingerprint density at radius 1 is 1.35 bits per heavy atom. The zero-order valence-electron chi connectivity index (χ0n) is 13.5. The lowest BCUT2D eigenvalue weighted by atomic mass is 10.2. The first-order valence-corrected chi connectivity index (χ1v) is 7.18. The summed E-state index contributed by atoms with van der Waals surface area (Å²) in [6, 6.07) is 5.31. The summed E-state index contributed by atoms with van der Waals surface area (Å²) < 4.78 is 10.7. The van der Waals surface area contributed by atoms with Crippen molar-refractivity contribution < 1.29 is 19.1 Å². The fourth-order valence-electron chi connectivity index (χ4n) is 1.86. The van der Waals surface area contributed by atoms with Gasteiger partial charge < -0.3 is 20.1 Å². The van der Waals surface area contributed by atoms with Gasteiger partial charge in [0.2, 0.25) is 11.8 Å². The fourth-order valence-corrected chi connectivity index (χ4v) is 1.86. The van der Waals surface area contributed by atoms with Gasteiger partial charge in [-0.2, -0.15) is 0 Å². The monoisotopic (exact) mass is 318 g/mol. The second-order valence-corrected chi connectivity index (χ2v) is 4.66. The molecule has 0 atom stereocenters. The number of hydrogen-bond donors (Lipinski definition) is 1. The highest BCUT2D eigenvalue weighted by Gasteiger charge is 2.11. The first kappa shape index (κ1) is 18.3. The third kappa shape index (κ3) is 5.86. The maximum atomic E-state index is 12.0. The summed E-state index contributed by atoms with van der Waals surface area (Å²) in [5.74, 6) is 0.335. The van der Waals surface area contributed by atoms with E-state index in [4.69, 9.17) is 15.2 Å². The number of rotatable bonds is 9. The molecule has 0 aliphatic heterocycles. The van der Waals surface area contributed by atoms with E-state index in [1.165, 1.54) is 11.0 Å². The van der Waals surface area contributed by atoms with E-state index < -0.39 is 5.91 Å². The topological polar surface area (TPSA) is 81.9 Å². The van der Waals surface area contributed by atoms with E-state index >= 15 is 0 Å². The lowest BCUT2D eigenvalue weighted by Gasteiger charge is -2.16. The largest absolute Gasteiger partial charge is 0.493 e. The van der Waals surface area contributed by atoms with Crippen molar-refractivity contribution in [3.63, 3.8) is 0 Å². The third-order valence-corrected chi connectivity index (χ3v) is 3.00. The van der Waals surface area contributed by atoms with E-state index in [0.29, 0.717) is 24.7 Å². The number of likely N-dealkylation sites (N-methyl/N-ethyl adjacent to an activating group) is 1. The highest BCUT2D eigenvalue weighted by molar-refractivity contribution is 5.94. The Kier molecular flexibility index (Phi) is 7.39. The summed E-state index contributed by atoms with van der Waals surface area (Å²) in [6.07, 6.45) is 4.68. The molecule has 0 aliphatic carbocycles. The number of carbonyl (C=O) groups is 2. The number of nitrogens with zero attached hydrogens (tertiary/aromatic N) is 1. The van der Waals surface area contributed by atoms with Crippen LogP contribution < -0.4 is 15.2 Å². The second-order valence-electron chi connectivity index (χ2n) is 4.66. The Morgan fingerprint density at radius 3 is 2.65 bits per heavy atom. The van der Waals surface area contributed by atoms with Crippen molar-refractivity contribution in [2.24, 2.45) is 5.73 Å². The molecule has 6 heteroatoms. The molecule has 6 nitrogen and oxygen atoms in total. The van der Waals surface area contributed by atoms with Crippen LogP contribution in [0, 0.1) is 0 Å². The zero-order chi connectivity index (χ0) is 17.2. The molecule has 0 unspecified atom stereocenters. The smallest absolute Gasteiger partial charge is 0.247 e. The molecule has 0 fully saturated rings. The standard InChI is InChI=1S/C17H22N2O4/c1-4-10-23-14-8-6-13(11-15(14)22-3)7-9-17(21)19(5-2)12-16(18)20/h4,6-9,11H,1,5,10,12H2,2-3H3,(H2,18,20). The summed E-state index contributed by atoms with van der Waals surface area (Å²) >= 11 is 0. The molecule has 0 radical (unpaired) electrons. The molecule has 0 spiro atoms. The van der Waals surface area contributed by atoms with Crippen molar-refractivity contribution in [3.05, 3.63) is 42.5 Å². The molecular weight excluding hydrogens is 296 g/mol. The Hall–Kier alpha value is -2.76. The molecule has 1 aromatic rings. The van der Waals surface area contributed by atoms with Crippen LogP contribution in [-0.4, -0.2) is 43.5 Å². The van der Waals surface area contributed by atoms with Gasteiger partial charge >= 0.3 is 0 Å². The highest BCUT2D eigenvalue weighted by Crippen LogP contribution is 2.28. The summed E-state index contributed by atoms with van der Waals surface area (Å²) in [4.78, 5) is 24.3. The average molecular weight is 318 g/mol. The van der Waals surface area contributed by atoms with Crippen LogP contribution in [0.1, 0.15) is 12.5 Å². The minimum atomic E-state index is -0.543. The van der Waals surface area contributed by atoms with Crippen LogP contribution in [0.5, 0.6) is 11.5 Å². The van der Waals surface area contributed by atoms with Crippen molar-refractivity contribution in [1.29, 1.82) is 0 Å². The first-order chi connectivity index (χ1) is 11.0. The molecule has 2 amide bonds. The molecule has 0 saturated heterocycles. The molecule has 0 heterocycles. The predicted octanol–water partition coefficient (Wildman–Crippen LogP) is 1.61. The van der Waals surface area contributed by atoms with Gasteiger partial charge in [0.25, 0.3) is 0 Å². The molecule has 0 aromatic heterocycles. The van der Waals surface area contributed by atoms with Crippen molar-refractivity contribution in [2.75, 3.05) is 26.8 Å². The summed E-state index contributed by atoms with van der Waals surface area (Å²) in [5.41, 5.74) is 5.89. The van der Waals surface area contributed by atoms with E-state index in [2.05, 4.69) is 6.58 Å². The lowest BCUT2D eigenvalue weighted by Crippen LogP contribution is -2.37. The van der Waals surface area contributed by atoms with Crippen LogP contribution in [0.4, 0.5) is 0 Å². The van der Waals surface area contributed by atoms with Crippen molar-refractivity contribution in [1.82, 2.24) is 4.90 Å². The van der Waals surface area contributed by atoms with Crippen LogP contribution >= 0.6 is 0 Å². The van der Waals surface area contributed by atoms with E-state index in [0.717, 1.165) is 5.56 Å². The number of ether oxygens (including phenoxy) is 2. The molecule has 0 bridgehead atoms. The number of methoxy groups -OCH3 is 1. The molecule has 23 heavy (non-hydrogen) atoms.